The molecule has 0 bridgehead atoms. The van der Waals surface area contributed by atoms with Gasteiger partial charge in [-0.2, -0.15) is 0 Å². The van der Waals surface area contributed by atoms with E-state index in [4.69, 9.17) is 4.74 Å². The molecule has 0 fully saturated rings. The first-order valence-corrected chi connectivity index (χ1v) is 5.31. The topological polar surface area (TPSA) is 45.7 Å². The molecular formula is C12H19N3O. The van der Waals surface area contributed by atoms with E-state index in [0.717, 1.165) is 24.7 Å². The van der Waals surface area contributed by atoms with Crippen molar-refractivity contribution in [3.63, 3.8) is 0 Å². The molecule has 0 aliphatic heterocycles. The van der Waals surface area contributed by atoms with Crippen molar-refractivity contribution in [2.75, 3.05) is 27.7 Å². The fraction of sp³-hybridized carbons (Fsp3) is 0.417. The number of hydrogen-bond donors (Lipinski definition) is 2. The van der Waals surface area contributed by atoms with Gasteiger partial charge in [0.05, 0.1) is 7.11 Å². The Kier molecular flexibility index (Phi) is 5.19. The summed E-state index contributed by atoms with van der Waals surface area (Å²) < 4.78 is 5.17. The molecule has 0 saturated carbocycles. The van der Waals surface area contributed by atoms with Gasteiger partial charge in [-0.05, 0) is 24.1 Å². The van der Waals surface area contributed by atoms with E-state index in [-0.39, 0.29) is 0 Å². The van der Waals surface area contributed by atoms with Gasteiger partial charge < -0.3 is 15.4 Å². The van der Waals surface area contributed by atoms with Crippen LogP contribution in [0.25, 0.3) is 0 Å². The van der Waals surface area contributed by atoms with Gasteiger partial charge in [0.1, 0.15) is 5.75 Å². The highest BCUT2D eigenvalue weighted by atomic mass is 16.5. The maximum absolute atomic E-state index is 5.17. The predicted octanol–water partition coefficient (Wildman–Crippen LogP) is 1.03. The molecule has 1 rings (SSSR count). The Morgan fingerprint density at radius 3 is 2.88 bits per heavy atom. The van der Waals surface area contributed by atoms with E-state index < -0.39 is 0 Å². The van der Waals surface area contributed by atoms with Crippen LogP contribution in [0.4, 0.5) is 0 Å². The van der Waals surface area contributed by atoms with Crippen molar-refractivity contribution in [2.45, 2.75) is 6.42 Å². The lowest BCUT2D eigenvalue weighted by atomic mass is 10.1. The molecule has 0 atom stereocenters. The van der Waals surface area contributed by atoms with Gasteiger partial charge in [0.2, 0.25) is 0 Å². The second kappa shape index (κ2) is 6.71. The average Bonchev–Trinajstić information content (AvgIpc) is 2.35. The van der Waals surface area contributed by atoms with Crippen LogP contribution in [0.15, 0.2) is 29.3 Å². The van der Waals surface area contributed by atoms with Gasteiger partial charge in [-0.25, -0.2) is 0 Å². The van der Waals surface area contributed by atoms with Crippen LogP contribution < -0.4 is 15.4 Å². The number of aliphatic imine (C=N–C) groups is 1. The van der Waals surface area contributed by atoms with Crippen LogP contribution in [0.3, 0.4) is 0 Å². The Morgan fingerprint density at radius 1 is 1.44 bits per heavy atom. The number of rotatable bonds is 4. The lowest BCUT2D eigenvalue weighted by molar-refractivity contribution is 0.414. The third kappa shape index (κ3) is 3.81. The van der Waals surface area contributed by atoms with Crippen LogP contribution >= 0.6 is 0 Å². The third-order valence-electron chi connectivity index (χ3n) is 2.30. The van der Waals surface area contributed by atoms with Crippen molar-refractivity contribution >= 4 is 5.96 Å². The summed E-state index contributed by atoms with van der Waals surface area (Å²) in [4.78, 5) is 4.04. The SMILES string of the molecule is CN=C(NC)NCCc1cccc(OC)c1. The first-order valence-electron chi connectivity index (χ1n) is 5.31. The molecule has 1 aromatic rings. The molecule has 4 heteroatoms. The molecule has 0 aliphatic rings. The molecule has 2 N–H and O–H groups in total. The molecule has 16 heavy (non-hydrogen) atoms. The minimum atomic E-state index is 0.808. The van der Waals surface area contributed by atoms with Crippen molar-refractivity contribution in [1.82, 2.24) is 10.6 Å². The van der Waals surface area contributed by atoms with E-state index in [0.29, 0.717) is 0 Å². The van der Waals surface area contributed by atoms with E-state index in [2.05, 4.69) is 21.7 Å². The van der Waals surface area contributed by atoms with Crippen molar-refractivity contribution in [3.05, 3.63) is 29.8 Å². The molecule has 0 aromatic heterocycles. The van der Waals surface area contributed by atoms with Gasteiger partial charge in [0.25, 0.3) is 0 Å². The van der Waals surface area contributed by atoms with E-state index in [1.54, 1.807) is 14.2 Å². The van der Waals surface area contributed by atoms with Crippen LogP contribution in [0.2, 0.25) is 0 Å². The highest BCUT2D eigenvalue weighted by Crippen LogP contribution is 2.12. The lowest BCUT2D eigenvalue weighted by Crippen LogP contribution is -2.35. The van der Waals surface area contributed by atoms with E-state index >= 15 is 0 Å². The summed E-state index contributed by atoms with van der Waals surface area (Å²) in [5.41, 5.74) is 1.25. The van der Waals surface area contributed by atoms with Gasteiger partial charge in [-0.3, -0.25) is 4.99 Å². The van der Waals surface area contributed by atoms with Crippen molar-refractivity contribution in [2.24, 2.45) is 4.99 Å². The Labute approximate surface area is 96.7 Å². The fourth-order valence-corrected chi connectivity index (χ4v) is 1.43. The average molecular weight is 221 g/mol. The Bertz CT molecular complexity index is 350. The van der Waals surface area contributed by atoms with Gasteiger partial charge in [-0.1, -0.05) is 12.1 Å². The number of ether oxygens (including phenoxy) is 1. The lowest BCUT2D eigenvalue weighted by Gasteiger charge is -2.08. The molecule has 4 nitrogen and oxygen atoms in total. The quantitative estimate of drug-likeness (QED) is 0.589. The summed E-state index contributed by atoms with van der Waals surface area (Å²) in [6.07, 6.45) is 0.942. The summed E-state index contributed by atoms with van der Waals surface area (Å²) in [6, 6.07) is 8.08. The van der Waals surface area contributed by atoms with E-state index in [9.17, 15) is 0 Å². The zero-order valence-corrected chi connectivity index (χ0v) is 10.1. The monoisotopic (exact) mass is 221 g/mol. The number of benzene rings is 1. The first kappa shape index (κ1) is 12.4. The standard InChI is InChI=1S/C12H19N3O/c1-13-12(14-2)15-8-7-10-5-4-6-11(9-10)16-3/h4-6,9H,7-8H2,1-3H3,(H2,13,14,15). The Balaban J connectivity index is 2.42. The maximum Gasteiger partial charge on any atom is 0.190 e. The second-order valence-corrected chi connectivity index (χ2v) is 3.35. The smallest absolute Gasteiger partial charge is 0.190 e. The number of hydrogen-bond acceptors (Lipinski definition) is 2. The van der Waals surface area contributed by atoms with E-state index in [1.807, 2.05) is 25.2 Å². The summed E-state index contributed by atoms with van der Waals surface area (Å²) in [6.45, 7) is 0.848. The summed E-state index contributed by atoms with van der Waals surface area (Å²) in [5.74, 6) is 1.71. The van der Waals surface area contributed by atoms with Crippen molar-refractivity contribution in [1.29, 1.82) is 0 Å². The maximum atomic E-state index is 5.17. The van der Waals surface area contributed by atoms with Gasteiger partial charge >= 0.3 is 0 Å². The van der Waals surface area contributed by atoms with Gasteiger partial charge in [0, 0.05) is 20.6 Å². The molecule has 0 unspecified atom stereocenters. The summed E-state index contributed by atoms with van der Waals surface area (Å²) in [7, 11) is 5.28. The predicted molar refractivity (Wildman–Crippen MR) is 67.1 cm³/mol. The van der Waals surface area contributed by atoms with Crippen LogP contribution in [-0.4, -0.2) is 33.7 Å². The molecule has 1 aromatic carbocycles. The molecule has 0 saturated heterocycles. The van der Waals surface area contributed by atoms with E-state index in [1.165, 1.54) is 5.56 Å². The molecule has 0 spiro atoms. The number of nitrogens with one attached hydrogen (secondary N) is 2. The number of guanidine groups is 1. The van der Waals surface area contributed by atoms with Crippen molar-refractivity contribution in [3.8, 4) is 5.75 Å². The highest BCUT2D eigenvalue weighted by molar-refractivity contribution is 5.79. The Morgan fingerprint density at radius 2 is 2.25 bits per heavy atom. The minimum Gasteiger partial charge on any atom is -0.497 e. The zero-order valence-electron chi connectivity index (χ0n) is 10.1. The normalized spacial score (nSPS) is 11.1. The molecule has 0 amide bonds. The van der Waals surface area contributed by atoms with Crippen molar-refractivity contribution < 1.29 is 4.74 Å². The zero-order chi connectivity index (χ0) is 11.8. The molecular weight excluding hydrogens is 202 g/mol. The molecule has 0 radical (unpaired) electrons. The van der Waals surface area contributed by atoms with Crippen LogP contribution in [-0.2, 0) is 6.42 Å². The highest BCUT2D eigenvalue weighted by Gasteiger charge is 1.97. The minimum absolute atomic E-state index is 0.808. The summed E-state index contributed by atoms with van der Waals surface area (Å²) >= 11 is 0. The number of methoxy groups -OCH3 is 1. The van der Waals surface area contributed by atoms with Crippen LogP contribution in [0.5, 0.6) is 5.75 Å². The largest absolute Gasteiger partial charge is 0.497 e. The summed E-state index contributed by atoms with van der Waals surface area (Å²) in [5, 5.41) is 6.18. The third-order valence-corrected chi connectivity index (χ3v) is 2.30. The molecule has 0 aliphatic carbocycles. The fourth-order valence-electron chi connectivity index (χ4n) is 1.43. The van der Waals surface area contributed by atoms with Crippen LogP contribution in [0.1, 0.15) is 5.56 Å². The number of nitrogens with zero attached hydrogens (tertiary/aromatic N) is 1. The van der Waals surface area contributed by atoms with Crippen LogP contribution in [0, 0.1) is 0 Å². The van der Waals surface area contributed by atoms with Gasteiger partial charge in [-0.15, -0.1) is 0 Å². The molecule has 0 heterocycles. The Hall–Kier alpha value is -1.71. The first-order chi connectivity index (χ1) is 7.80. The van der Waals surface area contributed by atoms with Gasteiger partial charge in [0.15, 0.2) is 5.96 Å². The molecule has 88 valence electrons. The second-order valence-electron chi connectivity index (χ2n) is 3.35.